The third kappa shape index (κ3) is 2.66. The predicted molar refractivity (Wildman–Crippen MR) is 64.7 cm³/mol. The van der Waals surface area contributed by atoms with E-state index in [1.807, 2.05) is 12.1 Å². The molecule has 0 aliphatic heterocycles. The van der Waals surface area contributed by atoms with Crippen LogP contribution in [0.2, 0.25) is 0 Å². The van der Waals surface area contributed by atoms with Crippen molar-refractivity contribution in [1.82, 2.24) is 0 Å². The summed E-state index contributed by atoms with van der Waals surface area (Å²) in [5.41, 5.74) is 1.64. The number of ether oxygens (including phenoxy) is 1. The molecule has 1 aromatic carbocycles. The predicted octanol–water partition coefficient (Wildman–Crippen LogP) is 2.47. The maximum absolute atomic E-state index is 11.2. The lowest BCUT2D eigenvalue weighted by molar-refractivity contribution is 0.0563. The topological polar surface area (TPSA) is 56.5 Å². The van der Waals surface area contributed by atoms with Crippen molar-refractivity contribution in [1.29, 1.82) is 0 Å². The minimum Gasteiger partial charge on any atom is -0.463 e. The molecule has 2 aromatic rings. The van der Waals surface area contributed by atoms with Crippen LogP contribution in [0, 0.1) is 0 Å². The third-order valence-electron chi connectivity index (χ3n) is 2.54. The molecule has 0 saturated carbocycles. The molecule has 0 N–H and O–H groups in total. The van der Waals surface area contributed by atoms with Crippen molar-refractivity contribution in [2.45, 2.75) is 6.42 Å². The van der Waals surface area contributed by atoms with Gasteiger partial charge in [-0.25, -0.2) is 4.79 Å². The molecule has 2 rings (SSSR count). The van der Waals surface area contributed by atoms with E-state index in [0.717, 1.165) is 11.8 Å². The number of aldehydes is 1. The number of hydrogen-bond acceptors (Lipinski definition) is 4. The summed E-state index contributed by atoms with van der Waals surface area (Å²) in [6, 6.07) is 10.5. The zero-order valence-electron chi connectivity index (χ0n) is 9.88. The summed E-state index contributed by atoms with van der Waals surface area (Å²) in [6.07, 6.45) is 1.36. The summed E-state index contributed by atoms with van der Waals surface area (Å²) in [6.45, 7) is 0. The largest absolute Gasteiger partial charge is 0.463 e. The highest BCUT2D eigenvalue weighted by molar-refractivity contribution is 5.86. The first-order valence-electron chi connectivity index (χ1n) is 5.44. The van der Waals surface area contributed by atoms with Crippen molar-refractivity contribution < 1.29 is 18.7 Å². The molecule has 0 unspecified atom stereocenters. The second-order valence-corrected chi connectivity index (χ2v) is 3.79. The first-order valence-corrected chi connectivity index (χ1v) is 5.44. The standard InChI is InChI=1S/C14H12O4/c1-17-14(16)13-7-6-12(18-13)8-10-2-4-11(9-15)5-3-10/h2-7,9H,8H2,1H3. The van der Waals surface area contributed by atoms with E-state index in [0.29, 0.717) is 17.7 Å². The van der Waals surface area contributed by atoms with Crippen LogP contribution in [0.5, 0.6) is 0 Å². The molecule has 0 spiro atoms. The van der Waals surface area contributed by atoms with Crippen LogP contribution in [-0.2, 0) is 11.2 Å². The molecule has 0 fully saturated rings. The van der Waals surface area contributed by atoms with Gasteiger partial charge >= 0.3 is 5.97 Å². The van der Waals surface area contributed by atoms with Crippen LogP contribution < -0.4 is 0 Å². The molecule has 0 saturated heterocycles. The molecule has 0 atom stereocenters. The normalized spacial score (nSPS) is 10.1. The highest BCUT2D eigenvalue weighted by atomic mass is 16.5. The van der Waals surface area contributed by atoms with Crippen LogP contribution in [0.25, 0.3) is 0 Å². The maximum atomic E-state index is 11.2. The molecule has 0 aliphatic rings. The Kier molecular flexibility index (Phi) is 3.57. The Labute approximate surface area is 104 Å². The first-order chi connectivity index (χ1) is 8.72. The fourth-order valence-corrected chi connectivity index (χ4v) is 1.60. The minimum absolute atomic E-state index is 0.192. The van der Waals surface area contributed by atoms with Gasteiger partial charge in [0.1, 0.15) is 12.0 Å². The van der Waals surface area contributed by atoms with Crippen molar-refractivity contribution in [2.75, 3.05) is 7.11 Å². The van der Waals surface area contributed by atoms with E-state index in [9.17, 15) is 9.59 Å². The Morgan fingerprint density at radius 2 is 1.94 bits per heavy atom. The number of carbonyl (C=O) groups is 2. The van der Waals surface area contributed by atoms with Crippen LogP contribution in [-0.4, -0.2) is 19.4 Å². The number of methoxy groups -OCH3 is 1. The molecule has 4 heteroatoms. The molecule has 0 radical (unpaired) electrons. The summed E-state index contributed by atoms with van der Waals surface area (Å²) >= 11 is 0. The second kappa shape index (κ2) is 5.31. The Morgan fingerprint density at radius 1 is 1.22 bits per heavy atom. The lowest BCUT2D eigenvalue weighted by Gasteiger charge is -1.99. The molecular formula is C14H12O4. The lowest BCUT2D eigenvalue weighted by atomic mass is 10.1. The average molecular weight is 244 g/mol. The van der Waals surface area contributed by atoms with Crippen LogP contribution in [0.15, 0.2) is 40.8 Å². The zero-order valence-corrected chi connectivity index (χ0v) is 9.88. The van der Waals surface area contributed by atoms with E-state index in [2.05, 4.69) is 4.74 Å². The van der Waals surface area contributed by atoms with Crippen molar-refractivity contribution >= 4 is 12.3 Å². The summed E-state index contributed by atoms with van der Waals surface area (Å²) in [7, 11) is 1.31. The molecule has 4 nitrogen and oxygen atoms in total. The van der Waals surface area contributed by atoms with E-state index < -0.39 is 5.97 Å². The van der Waals surface area contributed by atoms with Gasteiger partial charge in [0.15, 0.2) is 0 Å². The molecule has 1 aromatic heterocycles. The van der Waals surface area contributed by atoms with Gasteiger partial charge in [-0.05, 0) is 17.7 Å². The molecule has 0 amide bonds. The van der Waals surface area contributed by atoms with Crippen molar-refractivity contribution in [3.63, 3.8) is 0 Å². The maximum Gasteiger partial charge on any atom is 0.373 e. The van der Waals surface area contributed by atoms with Crippen LogP contribution in [0.3, 0.4) is 0 Å². The molecular weight excluding hydrogens is 232 g/mol. The summed E-state index contributed by atoms with van der Waals surface area (Å²) in [4.78, 5) is 21.7. The van der Waals surface area contributed by atoms with Crippen LogP contribution in [0.1, 0.15) is 32.2 Å². The lowest BCUT2D eigenvalue weighted by Crippen LogP contribution is -1.98. The summed E-state index contributed by atoms with van der Waals surface area (Å²) in [5, 5.41) is 0. The van der Waals surface area contributed by atoms with Gasteiger partial charge in [-0.3, -0.25) is 4.79 Å². The molecule has 1 heterocycles. The van der Waals surface area contributed by atoms with Gasteiger partial charge in [-0.15, -0.1) is 0 Å². The highest BCUT2D eigenvalue weighted by Gasteiger charge is 2.11. The van der Waals surface area contributed by atoms with Crippen molar-refractivity contribution in [3.8, 4) is 0 Å². The molecule has 18 heavy (non-hydrogen) atoms. The smallest absolute Gasteiger partial charge is 0.373 e. The molecule has 0 bridgehead atoms. The van der Waals surface area contributed by atoms with Crippen LogP contribution in [0.4, 0.5) is 0 Å². The second-order valence-electron chi connectivity index (χ2n) is 3.79. The van der Waals surface area contributed by atoms with Gasteiger partial charge in [0.25, 0.3) is 0 Å². The highest BCUT2D eigenvalue weighted by Crippen LogP contribution is 2.14. The van der Waals surface area contributed by atoms with Gasteiger partial charge in [-0.1, -0.05) is 24.3 Å². The van der Waals surface area contributed by atoms with Gasteiger partial charge in [0.2, 0.25) is 5.76 Å². The van der Waals surface area contributed by atoms with E-state index in [1.54, 1.807) is 24.3 Å². The van der Waals surface area contributed by atoms with E-state index in [1.165, 1.54) is 7.11 Å². The first kappa shape index (κ1) is 12.1. The van der Waals surface area contributed by atoms with E-state index in [4.69, 9.17) is 4.42 Å². The van der Waals surface area contributed by atoms with Crippen molar-refractivity contribution in [2.24, 2.45) is 0 Å². The molecule has 0 aliphatic carbocycles. The van der Waals surface area contributed by atoms with Crippen LogP contribution >= 0.6 is 0 Å². The zero-order chi connectivity index (χ0) is 13.0. The fraction of sp³-hybridized carbons (Fsp3) is 0.143. The Balaban J connectivity index is 2.10. The number of benzene rings is 1. The van der Waals surface area contributed by atoms with Gasteiger partial charge in [-0.2, -0.15) is 0 Å². The minimum atomic E-state index is -0.488. The van der Waals surface area contributed by atoms with Gasteiger partial charge < -0.3 is 9.15 Å². The number of carbonyl (C=O) groups excluding carboxylic acids is 2. The Hall–Kier alpha value is -2.36. The van der Waals surface area contributed by atoms with E-state index in [-0.39, 0.29) is 5.76 Å². The summed E-state index contributed by atoms with van der Waals surface area (Å²) in [5.74, 6) is 0.379. The number of rotatable bonds is 4. The van der Waals surface area contributed by atoms with E-state index >= 15 is 0 Å². The van der Waals surface area contributed by atoms with Crippen molar-refractivity contribution in [3.05, 3.63) is 59.0 Å². The Bertz CT molecular complexity index is 551. The van der Waals surface area contributed by atoms with Gasteiger partial charge in [0.05, 0.1) is 7.11 Å². The average Bonchev–Trinajstić information content (AvgIpc) is 2.87. The SMILES string of the molecule is COC(=O)c1ccc(Cc2ccc(C=O)cc2)o1. The monoisotopic (exact) mass is 244 g/mol. The number of furan rings is 1. The van der Waals surface area contributed by atoms with Gasteiger partial charge in [0, 0.05) is 12.0 Å². The summed E-state index contributed by atoms with van der Waals surface area (Å²) < 4.78 is 9.91. The quantitative estimate of drug-likeness (QED) is 0.612. The third-order valence-corrected chi connectivity index (χ3v) is 2.54. The number of hydrogen-bond donors (Lipinski definition) is 0. The number of esters is 1. The Morgan fingerprint density at radius 3 is 2.56 bits per heavy atom. The fourth-order valence-electron chi connectivity index (χ4n) is 1.60. The molecule has 92 valence electrons.